The molecule has 0 saturated carbocycles. The first-order valence-corrected chi connectivity index (χ1v) is 10.2. The molecular formula is C28H25N. The van der Waals surface area contributed by atoms with Crippen LogP contribution in [0.2, 0.25) is 0 Å². The van der Waals surface area contributed by atoms with E-state index in [9.17, 15) is 0 Å². The molecule has 0 radical (unpaired) electrons. The van der Waals surface area contributed by atoms with E-state index in [1.165, 1.54) is 44.5 Å². The van der Waals surface area contributed by atoms with Crippen molar-refractivity contribution in [2.45, 2.75) is 26.2 Å². The normalized spacial score (nSPS) is 14.4. The first-order chi connectivity index (χ1) is 14.0. The quantitative estimate of drug-likeness (QED) is 0.344. The zero-order valence-electron chi connectivity index (χ0n) is 17.2. The molecule has 29 heavy (non-hydrogen) atoms. The maximum atomic E-state index is 3.93. The smallest absolute Gasteiger partial charge is 0.0509 e. The van der Waals surface area contributed by atoms with Gasteiger partial charge in [-0.15, -0.1) is 0 Å². The third-order valence-electron chi connectivity index (χ3n) is 6.23. The Bertz CT molecular complexity index is 1250. The average Bonchev–Trinajstić information content (AvgIpc) is 2.74. The molecule has 0 amide bonds. The van der Waals surface area contributed by atoms with Crippen LogP contribution in [0.25, 0.3) is 16.8 Å². The lowest BCUT2D eigenvalue weighted by Crippen LogP contribution is -2.30. The first kappa shape index (κ1) is 17.8. The Kier molecular flexibility index (Phi) is 3.89. The van der Waals surface area contributed by atoms with Crippen LogP contribution < -0.4 is 4.90 Å². The second-order valence-electron chi connectivity index (χ2n) is 8.46. The molecule has 0 aromatic heterocycles. The number of benzene rings is 4. The molecule has 1 aliphatic rings. The van der Waals surface area contributed by atoms with Gasteiger partial charge in [0.15, 0.2) is 0 Å². The third-order valence-corrected chi connectivity index (χ3v) is 6.23. The van der Waals surface area contributed by atoms with Crippen LogP contribution in [0, 0.1) is 6.92 Å². The number of hydrogen-bond acceptors (Lipinski definition) is 1. The van der Waals surface area contributed by atoms with Gasteiger partial charge in [0.2, 0.25) is 0 Å². The Morgan fingerprint density at radius 3 is 2.34 bits per heavy atom. The zero-order chi connectivity index (χ0) is 20.2. The molecule has 142 valence electrons. The van der Waals surface area contributed by atoms with E-state index in [0.29, 0.717) is 0 Å². The Hall–Kier alpha value is -3.32. The summed E-state index contributed by atoms with van der Waals surface area (Å²) in [6.07, 6.45) is 1.91. The van der Waals surface area contributed by atoms with E-state index in [0.717, 1.165) is 5.56 Å². The number of para-hydroxylation sites is 1. The molecule has 4 aromatic carbocycles. The van der Waals surface area contributed by atoms with Crippen molar-refractivity contribution in [1.29, 1.82) is 0 Å². The Labute approximate surface area is 172 Å². The number of anilines is 3. The standard InChI is InChI=1S/C28H25N/c1-5-20-12-16-23-21(18-20)13-17-26-27(23)28(3,4)24-8-6-7-9-25(24)29(26)22-14-10-19(2)11-15-22/h5-18H,1H2,2-4H3. The highest BCUT2D eigenvalue weighted by molar-refractivity contribution is 5.98. The highest BCUT2D eigenvalue weighted by atomic mass is 15.2. The number of hydrogen-bond donors (Lipinski definition) is 0. The van der Waals surface area contributed by atoms with Gasteiger partial charge in [-0.3, -0.25) is 0 Å². The maximum Gasteiger partial charge on any atom is 0.0509 e. The van der Waals surface area contributed by atoms with Crippen molar-refractivity contribution in [1.82, 2.24) is 0 Å². The van der Waals surface area contributed by atoms with E-state index in [1.807, 2.05) is 6.08 Å². The van der Waals surface area contributed by atoms with Gasteiger partial charge in [0, 0.05) is 11.1 Å². The highest BCUT2D eigenvalue weighted by Gasteiger charge is 2.37. The van der Waals surface area contributed by atoms with Crippen LogP contribution >= 0.6 is 0 Å². The molecule has 1 nitrogen and oxygen atoms in total. The van der Waals surface area contributed by atoms with Crippen molar-refractivity contribution in [3.05, 3.63) is 108 Å². The second kappa shape index (κ2) is 6.35. The lowest BCUT2D eigenvalue weighted by molar-refractivity contribution is 0.638. The number of fused-ring (bicyclic) bond motifs is 4. The average molecular weight is 376 g/mol. The highest BCUT2D eigenvalue weighted by Crippen LogP contribution is 2.53. The number of rotatable bonds is 2. The number of aryl methyl sites for hydroxylation is 1. The molecule has 0 atom stereocenters. The minimum absolute atomic E-state index is 0.0949. The lowest BCUT2D eigenvalue weighted by Gasteiger charge is -2.42. The van der Waals surface area contributed by atoms with Crippen LogP contribution in [0.15, 0.2) is 85.4 Å². The van der Waals surface area contributed by atoms with Crippen molar-refractivity contribution in [2.75, 3.05) is 4.90 Å². The fourth-order valence-corrected chi connectivity index (χ4v) is 4.74. The van der Waals surface area contributed by atoms with E-state index in [-0.39, 0.29) is 5.41 Å². The molecule has 0 spiro atoms. The number of nitrogens with zero attached hydrogens (tertiary/aromatic N) is 1. The molecule has 1 heteroatoms. The molecule has 0 N–H and O–H groups in total. The fraction of sp³-hybridized carbons (Fsp3) is 0.143. The first-order valence-electron chi connectivity index (χ1n) is 10.2. The van der Waals surface area contributed by atoms with E-state index in [2.05, 4.69) is 111 Å². The summed E-state index contributed by atoms with van der Waals surface area (Å²) in [6, 6.07) is 28.8. The van der Waals surface area contributed by atoms with E-state index in [4.69, 9.17) is 0 Å². The molecule has 4 aromatic rings. The zero-order valence-corrected chi connectivity index (χ0v) is 17.2. The molecule has 0 aliphatic carbocycles. The molecule has 0 unspecified atom stereocenters. The lowest BCUT2D eigenvalue weighted by atomic mass is 9.71. The van der Waals surface area contributed by atoms with Gasteiger partial charge in [-0.2, -0.15) is 0 Å². The summed E-state index contributed by atoms with van der Waals surface area (Å²) in [7, 11) is 0. The van der Waals surface area contributed by atoms with Crippen LogP contribution in [0.5, 0.6) is 0 Å². The summed E-state index contributed by atoms with van der Waals surface area (Å²) in [5.74, 6) is 0. The Morgan fingerprint density at radius 2 is 1.59 bits per heavy atom. The van der Waals surface area contributed by atoms with Gasteiger partial charge < -0.3 is 4.90 Å². The molecular weight excluding hydrogens is 350 g/mol. The topological polar surface area (TPSA) is 3.24 Å². The largest absolute Gasteiger partial charge is 0.310 e. The van der Waals surface area contributed by atoms with Crippen molar-refractivity contribution < 1.29 is 0 Å². The molecule has 0 saturated heterocycles. The predicted octanol–water partition coefficient (Wildman–Crippen LogP) is 7.90. The predicted molar refractivity (Wildman–Crippen MR) is 126 cm³/mol. The van der Waals surface area contributed by atoms with Crippen LogP contribution in [-0.4, -0.2) is 0 Å². The van der Waals surface area contributed by atoms with Crippen LogP contribution in [-0.2, 0) is 5.41 Å². The Balaban J connectivity index is 1.87. The molecule has 0 fully saturated rings. The third kappa shape index (κ3) is 2.61. The summed E-state index contributed by atoms with van der Waals surface area (Å²) < 4.78 is 0. The molecule has 5 rings (SSSR count). The van der Waals surface area contributed by atoms with Gasteiger partial charge in [0.05, 0.1) is 11.4 Å². The van der Waals surface area contributed by atoms with Crippen molar-refractivity contribution >= 4 is 33.9 Å². The van der Waals surface area contributed by atoms with E-state index >= 15 is 0 Å². The summed E-state index contributed by atoms with van der Waals surface area (Å²) >= 11 is 0. The van der Waals surface area contributed by atoms with E-state index < -0.39 is 0 Å². The van der Waals surface area contributed by atoms with Crippen LogP contribution in [0.1, 0.15) is 36.1 Å². The van der Waals surface area contributed by atoms with Gasteiger partial charge in [0.1, 0.15) is 0 Å². The van der Waals surface area contributed by atoms with Crippen molar-refractivity contribution in [2.24, 2.45) is 0 Å². The van der Waals surface area contributed by atoms with Gasteiger partial charge in [-0.05, 0) is 64.7 Å². The maximum absolute atomic E-state index is 3.93. The molecule has 1 heterocycles. The van der Waals surface area contributed by atoms with Crippen LogP contribution in [0.3, 0.4) is 0 Å². The SMILES string of the molecule is C=Cc1ccc2c3c(ccc2c1)N(c1ccc(C)cc1)c1ccccc1C3(C)C. The van der Waals surface area contributed by atoms with Gasteiger partial charge in [-0.25, -0.2) is 0 Å². The molecule has 0 bridgehead atoms. The fourth-order valence-electron chi connectivity index (χ4n) is 4.74. The summed E-state index contributed by atoms with van der Waals surface area (Å²) in [4.78, 5) is 2.41. The minimum Gasteiger partial charge on any atom is -0.310 e. The Morgan fingerprint density at radius 1 is 0.828 bits per heavy atom. The van der Waals surface area contributed by atoms with Crippen LogP contribution in [0.4, 0.5) is 17.1 Å². The van der Waals surface area contributed by atoms with Gasteiger partial charge in [0.25, 0.3) is 0 Å². The monoisotopic (exact) mass is 375 g/mol. The van der Waals surface area contributed by atoms with Gasteiger partial charge in [-0.1, -0.05) is 80.6 Å². The summed E-state index contributed by atoms with van der Waals surface area (Å²) in [5.41, 5.74) is 8.78. The second-order valence-corrected chi connectivity index (χ2v) is 8.46. The van der Waals surface area contributed by atoms with E-state index in [1.54, 1.807) is 0 Å². The molecule has 1 aliphatic heterocycles. The minimum atomic E-state index is -0.0949. The van der Waals surface area contributed by atoms with Gasteiger partial charge >= 0.3 is 0 Å². The summed E-state index contributed by atoms with van der Waals surface area (Å²) in [6.45, 7) is 10.8. The summed E-state index contributed by atoms with van der Waals surface area (Å²) in [5, 5.41) is 2.57. The van der Waals surface area contributed by atoms with Crippen molar-refractivity contribution in [3.63, 3.8) is 0 Å². The van der Waals surface area contributed by atoms with Crippen molar-refractivity contribution in [3.8, 4) is 0 Å².